The highest BCUT2D eigenvalue weighted by atomic mass is 16.5. The Morgan fingerprint density at radius 3 is 2.51 bits per heavy atom. The molecule has 5 aromatic rings. The summed E-state index contributed by atoms with van der Waals surface area (Å²) in [6.07, 6.45) is 4.45. The van der Waals surface area contributed by atoms with Crippen molar-refractivity contribution in [3.63, 3.8) is 0 Å². The Hall–Kier alpha value is -4.41. The van der Waals surface area contributed by atoms with Crippen molar-refractivity contribution in [1.29, 1.82) is 0 Å². The van der Waals surface area contributed by atoms with Crippen molar-refractivity contribution in [3.8, 4) is 34.3 Å². The van der Waals surface area contributed by atoms with Gasteiger partial charge in [0.2, 0.25) is 0 Å². The second kappa shape index (κ2) is 10.6. The quantitative estimate of drug-likeness (QED) is 0.262. The van der Waals surface area contributed by atoms with E-state index in [1.54, 1.807) is 14.2 Å². The van der Waals surface area contributed by atoms with Gasteiger partial charge in [-0.15, -0.1) is 0 Å². The largest absolute Gasteiger partial charge is 0.496 e. The maximum absolute atomic E-state index is 13.7. The topological polar surface area (TPSA) is 121 Å². The number of piperidine rings is 1. The summed E-state index contributed by atoms with van der Waals surface area (Å²) in [6, 6.07) is 16.0. The third kappa shape index (κ3) is 4.49. The summed E-state index contributed by atoms with van der Waals surface area (Å²) in [6.45, 7) is 1.48. The number of likely N-dealkylation sites (tertiary alicyclic amines) is 1. The summed E-state index contributed by atoms with van der Waals surface area (Å²) >= 11 is 0. The Balaban J connectivity index is 1.23. The summed E-state index contributed by atoms with van der Waals surface area (Å²) in [5, 5.41) is 10.7. The summed E-state index contributed by atoms with van der Waals surface area (Å²) < 4.78 is 15.7. The molecule has 0 radical (unpaired) electrons. The number of aliphatic hydroxyl groups excluding tert-OH is 1. The molecule has 8 rings (SSSR count). The van der Waals surface area contributed by atoms with Gasteiger partial charge in [0.15, 0.2) is 5.82 Å². The third-order valence-electron chi connectivity index (χ3n) is 10.2. The molecule has 0 spiro atoms. The molecule has 232 valence electrons. The summed E-state index contributed by atoms with van der Waals surface area (Å²) in [7, 11) is 5.25. The van der Waals surface area contributed by atoms with E-state index in [0.717, 1.165) is 69.8 Å². The minimum absolute atomic E-state index is 0.00622. The molecule has 3 aromatic heterocycles. The molecule has 3 atom stereocenters. The number of nitrogens with two attached hydrogens (primary N) is 1. The van der Waals surface area contributed by atoms with Crippen LogP contribution in [0.2, 0.25) is 0 Å². The number of hydrogen-bond acceptors (Lipinski definition) is 7. The van der Waals surface area contributed by atoms with Gasteiger partial charge in [0.05, 0.1) is 37.7 Å². The number of benzene rings is 2. The molecular formula is C35H38N6O4. The normalized spacial score (nSPS) is 20.9. The van der Waals surface area contributed by atoms with Crippen LogP contribution in [0.3, 0.4) is 0 Å². The predicted molar refractivity (Wildman–Crippen MR) is 172 cm³/mol. The van der Waals surface area contributed by atoms with E-state index in [4.69, 9.17) is 25.2 Å². The van der Waals surface area contributed by atoms with Crippen LogP contribution in [0.4, 0.5) is 0 Å². The Morgan fingerprint density at radius 1 is 1.00 bits per heavy atom. The van der Waals surface area contributed by atoms with E-state index in [0.29, 0.717) is 35.4 Å². The van der Waals surface area contributed by atoms with Crippen LogP contribution < -0.4 is 15.2 Å². The average Bonchev–Trinajstić information content (AvgIpc) is 3.47. The maximum atomic E-state index is 13.7. The predicted octanol–water partition coefficient (Wildman–Crippen LogP) is 4.74. The minimum atomic E-state index is -0.0879. The molecule has 3 N–H and O–H groups in total. The molecule has 45 heavy (non-hydrogen) atoms. The van der Waals surface area contributed by atoms with Crippen molar-refractivity contribution in [2.75, 3.05) is 20.8 Å². The van der Waals surface area contributed by atoms with Crippen molar-refractivity contribution in [1.82, 2.24) is 24.0 Å². The number of rotatable bonds is 8. The highest BCUT2D eigenvalue weighted by Gasteiger charge is 2.47. The Bertz CT molecular complexity index is 1970. The molecule has 2 aliphatic carbocycles. The monoisotopic (exact) mass is 606 g/mol. The lowest BCUT2D eigenvalue weighted by Crippen LogP contribution is -2.41. The van der Waals surface area contributed by atoms with E-state index in [9.17, 15) is 9.90 Å². The first-order chi connectivity index (χ1) is 21.9. The summed E-state index contributed by atoms with van der Waals surface area (Å²) in [4.78, 5) is 26.0. The first-order valence-electron chi connectivity index (χ1n) is 15.8. The van der Waals surface area contributed by atoms with Crippen molar-refractivity contribution in [2.24, 2.45) is 24.6 Å². The number of ether oxygens (including phenoxy) is 2. The van der Waals surface area contributed by atoms with Gasteiger partial charge in [-0.05, 0) is 73.9 Å². The molecule has 2 aromatic carbocycles. The van der Waals surface area contributed by atoms with Crippen LogP contribution in [-0.4, -0.2) is 67.9 Å². The smallest absolute Gasteiger partial charge is 0.254 e. The van der Waals surface area contributed by atoms with Gasteiger partial charge in [-0.3, -0.25) is 4.79 Å². The van der Waals surface area contributed by atoms with Crippen molar-refractivity contribution in [3.05, 3.63) is 59.7 Å². The average molecular weight is 607 g/mol. The zero-order valence-electron chi connectivity index (χ0n) is 25.9. The number of nitrogens with zero attached hydrogens (tertiary/aromatic N) is 5. The molecular weight excluding hydrogens is 568 g/mol. The van der Waals surface area contributed by atoms with E-state index >= 15 is 0 Å². The van der Waals surface area contributed by atoms with Gasteiger partial charge in [-0.2, -0.15) is 0 Å². The second-order valence-electron chi connectivity index (χ2n) is 12.9. The third-order valence-corrected chi connectivity index (χ3v) is 10.2. The molecule has 3 aliphatic rings. The van der Waals surface area contributed by atoms with Crippen molar-refractivity contribution >= 4 is 28.0 Å². The molecule has 2 unspecified atom stereocenters. The number of amides is 1. The zero-order chi connectivity index (χ0) is 31.0. The Morgan fingerprint density at radius 2 is 1.82 bits per heavy atom. The second-order valence-corrected chi connectivity index (χ2v) is 12.9. The van der Waals surface area contributed by atoms with Gasteiger partial charge in [-0.1, -0.05) is 12.1 Å². The fourth-order valence-electron chi connectivity index (χ4n) is 7.52. The molecule has 3 fully saturated rings. The van der Waals surface area contributed by atoms with E-state index in [2.05, 4.69) is 21.3 Å². The molecule has 10 nitrogen and oxygen atoms in total. The van der Waals surface area contributed by atoms with Gasteiger partial charge >= 0.3 is 0 Å². The van der Waals surface area contributed by atoms with E-state index in [1.807, 2.05) is 48.3 Å². The minimum Gasteiger partial charge on any atom is -0.496 e. The SMILES string of the molecule is COc1cc(-c2ccc3cc(-c4nc5cc(C(=O)N6CC7CCC6[C@@H]7N)cc(OC)c5n4C)n(CC4CC4)c3n2)ccc1CO. The lowest BCUT2D eigenvalue weighted by atomic mass is 10.1. The maximum Gasteiger partial charge on any atom is 0.254 e. The first kappa shape index (κ1) is 28.1. The molecule has 1 saturated heterocycles. The van der Waals surface area contributed by atoms with E-state index < -0.39 is 0 Å². The van der Waals surface area contributed by atoms with Crippen LogP contribution in [0, 0.1) is 11.8 Å². The lowest BCUT2D eigenvalue weighted by molar-refractivity contribution is 0.0700. The molecule has 10 heteroatoms. The number of carbonyl (C=O) groups is 1. The lowest BCUT2D eigenvalue weighted by Gasteiger charge is -2.27. The molecule has 4 heterocycles. The van der Waals surface area contributed by atoms with Crippen LogP contribution in [0.15, 0.2) is 48.5 Å². The Kier molecular flexibility index (Phi) is 6.61. The van der Waals surface area contributed by atoms with Gasteiger partial charge < -0.3 is 34.3 Å². The molecule has 2 bridgehead atoms. The number of aromatic nitrogens is 4. The fraction of sp³-hybridized carbons (Fsp3) is 0.400. The highest BCUT2D eigenvalue weighted by molar-refractivity contribution is 6.00. The van der Waals surface area contributed by atoms with Crippen LogP contribution in [0.25, 0.3) is 44.8 Å². The number of fused-ring (bicyclic) bond motifs is 4. The number of hydrogen-bond donors (Lipinski definition) is 2. The van der Waals surface area contributed by atoms with Crippen LogP contribution in [-0.2, 0) is 20.2 Å². The van der Waals surface area contributed by atoms with Gasteiger partial charge in [-0.25, -0.2) is 9.97 Å². The summed E-state index contributed by atoms with van der Waals surface area (Å²) in [5.41, 5.74) is 12.9. The summed E-state index contributed by atoms with van der Waals surface area (Å²) in [5.74, 6) is 3.03. The molecule has 1 amide bonds. The van der Waals surface area contributed by atoms with Crippen molar-refractivity contribution < 1.29 is 19.4 Å². The first-order valence-corrected chi connectivity index (χ1v) is 15.8. The van der Waals surface area contributed by atoms with E-state index in [1.165, 1.54) is 12.8 Å². The van der Waals surface area contributed by atoms with Gasteiger partial charge in [0, 0.05) is 54.3 Å². The molecule has 2 saturated carbocycles. The van der Waals surface area contributed by atoms with Crippen LogP contribution >= 0.6 is 0 Å². The molecule has 1 aliphatic heterocycles. The number of aliphatic hydroxyl groups is 1. The van der Waals surface area contributed by atoms with Crippen LogP contribution in [0.1, 0.15) is 41.6 Å². The van der Waals surface area contributed by atoms with Crippen molar-refractivity contribution in [2.45, 2.75) is 50.9 Å². The number of pyridine rings is 1. The van der Waals surface area contributed by atoms with Gasteiger partial charge in [0.1, 0.15) is 22.7 Å². The standard InChI is InChI=1S/C35H38N6O4/c1-39-32-26(12-24(15-30(32)45-3)35(43)41-17-22-9-11-27(41)31(22)36)38-34(39)28-13-21-8-10-25(37-33(21)40(28)16-19-4-5-19)20-6-7-23(18-42)29(14-20)44-2/h6-8,10,12-15,19,22,27,31,42H,4-5,9,11,16-18,36H2,1-3H3/t22?,27?,31-/m1/s1. The fourth-order valence-corrected chi connectivity index (χ4v) is 7.52. The zero-order valence-corrected chi connectivity index (χ0v) is 25.9. The number of aryl methyl sites for hydroxylation is 1. The Labute approximate surface area is 261 Å². The number of carbonyl (C=O) groups excluding carboxylic acids is 1. The van der Waals surface area contributed by atoms with Crippen LogP contribution in [0.5, 0.6) is 11.5 Å². The van der Waals surface area contributed by atoms with E-state index in [-0.39, 0.29) is 24.6 Å². The highest BCUT2D eigenvalue weighted by Crippen LogP contribution is 2.40. The number of methoxy groups -OCH3 is 2. The van der Waals surface area contributed by atoms with Gasteiger partial charge in [0.25, 0.3) is 5.91 Å². The number of imidazole rings is 1.